The van der Waals surface area contributed by atoms with E-state index in [4.69, 9.17) is 0 Å². The van der Waals surface area contributed by atoms with Crippen molar-refractivity contribution in [3.05, 3.63) is 66.4 Å². The van der Waals surface area contributed by atoms with Crippen LogP contribution >= 0.6 is 0 Å². The van der Waals surface area contributed by atoms with Crippen LogP contribution in [0, 0.1) is 0 Å². The zero-order chi connectivity index (χ0) is 22.9. The molecule has 1 aromatic heterocycles. The molecule has 1 amide bonds. The third-order valence-electron chi connectivity index (χ3n) is 5.37. The van der Waals surface area contributed by atoms with Crippen LogP contribution < -0.4 is 4.74 Å². The van der Waals surface area contributed by atoms with E-state index in [2.05, 4.69) is 9.72 Å². The molecule has 0 atom stereocenters. The average Bonchev–Trinajstić information content (AvgIpc) is 2.77. The Hall–Kier alpha value is -3.14. The number of benzene rings is 2. The van der Waals surface area contributed by atoms with Crippen molar-refractivity contribution in [3.63, 3.8) is 0 Å². The monoisotopic (exact) mass is 464 g/mol. The minimum atomic E-state index is -4.85. The molecule has 4 rings (SSSR count). The molecule has 1 aliphatic heterocycles. The van der Waals surface area contributed by atoms with E-state index in [0.29, 0.717) is 11.2 Å². The van der Waals surface area contributed by atoms with Gasteiger partial charge in [-0.15, -0.1) is 13.2 Å². The maximum atomic E-state index is 12.9. The summed E-state index contributed by atoms with van der Waals surface area (Å²) in [5, 5.41) is 0.186. The van der Waals surface area contributed by atoms with Crippen molar-refractivity contribution in [3.8, 4) is 5.75 Å². The van der Waals surface area contributed by atoms with Crippen LogP contribution in [0.25, 0.3) is 10.9 Å². The topological polar surface area (TPSA) is 76.6 Å². The van der Waals surface area contributed by atoms with E-state index in [9.17, 15) is 26.4 Å². The number of sulfone groups is 1. The van der Waals surface area contributed by atoms with E-state index < -0.39 is 27.2 Å². The Morgan fingerprint density at radius 2 is 1.62 bits per heavy atom. The predicted molar refractivity (Wildman–Crippen MR) is 111 cm³/mol. The summed E-state index contributed by atoms with van der Waals surface area (Å²) >= 11 is 0. The molecule has 0 saturated carbocycles. The van der Waals surface area contributed by atoms with Gasteiger partial charge < -0.3 is 9.64 Å². The van der Waals surface area contributed by atoms with E-state index in [1.165, 1.54) is 0 Å². The molecule has 0 bridgehead atoms. The molecule has 168 valence electrons. The van der Waals surface area contributed by atoms with Crippen molar-refractivity contribution in [2.45, 2.75) is 29.3 Å². The number of amides is 1. The number of para-hydroxylation sites is 1. The Morgan fingerprint density at radius 1 is 0.969 bits per heavy atom. The van der Waals surface area contributed by atoms with E-state index in [1.807, 2.05) is 30.3 Å². The number of fused-ring (bicyclic) bond motifs is 1. The summed E-state index contributed by atoms with van der Waals surface area (Å²) in [4.78, 5) is 18.7. The van der Waals surface area contributed by atoms with E-state index in [-0.39, 0.29) is 36.7 Å². The first-order chi connectivity index (χ1) is 15.1. The summed E-state index contributed by atoms with van der Waals surface area (Å²) in [6.45, 7) is 0.485. The molecule has 10 heteroatoms. The van der Waals surface area contributed by atoms with Gasteiger partial charge in [-0.2, -0.15) is 0 Å². The molecule has 1 aliphatic rings. The number of likely N-dealkylation sites (tertiary alicyclic amines) is 1. The standard InChI is InChI=1S/C22H19F3N2O4S/c23-22(24,25)31-16-6-8-17(9-7-16)32(29,30)18-11-13-27(14-12-18)21(28)20-10-5-15-3-1-2-4-19(15)26-20/h1-10,18H,11-14H2. The van der Waals surface area contributed by atoms with Crippen molar-refractivity contribution in [2.75, 3.05) is 13.1 Å². The Kier molecular flexibility index (Phi) is 5.81. The van der Waals surface area contributed by atoms with Gasteiger partial charge in [0.15, 0.2) is 9.84 Å². The summed E-state index contributed by atoms with van der Waals surface area (Å²) < 4.78 is 66.4. The van der Waals surface area contributed by atoms with Crippen molar-refractivity contribution < 1.29 is 31.1 Å². The van der Waals surface area contributed by atoms with Crippen molar-refractivity contribution in [1.82, 2.24) is 9.88 Å². The Bertz CT molecular complexity index is 1240. The van der Waals surface area contributed by atoms with Gasteiger partial charge in [0, 0.05) is 18.5 Å². The third-order valence-corrected chi connectivity index (χ3v) is 7.65. The second kappa shape index (κ2) is 8.42. The molecule has 2 heterocycles. The van der Waals surface area contributed by atoms with Gasteiger partial charge in [0.25, 0.3) is 5.91 Å². The lowest BCUT2D eigenvalue weighted by atomic mass is 10.1. The number of alkyl halides is 3. The number of rotatable bonds is 4. The number of hydrogen-bond donors (Lipinski definition) is 0. The van der Waals surface area contributed by atoms with Crippen LogP contribution in [0.4, 0.5) is 13.2 Å². The zero-order valence-corrected chi connectivity index (χ0v) is 17.6. The fraction of sp³-hybridized carbons (Fsp3) is 0.273. The molecule has 2 aromatic carbocycles. The Labute approximate surface area is 182 Å². The summed E-state index contributed by atoms with van der Waals surface area (Å²) in [7, 11) is -3.76. The number of hydrogen-bond acceptors (Lipinski definition) is 5. The highest BCUT2D eigenvalue weighted by Crippen LogP contribution is 2.28. The number of pyridine rings is 1. The highest BCUT2D eigenvalue weighted by atomic mass is 32.2. The van der Waals surface area contributed by atoms with E-state index in [1.54, 1.807) is 11.0 Å². The van der Waals surface area contributed by atoms with Crippen LogP contribution in [-0.4, -0.2) is 48.9 Å². The second-order valence-corrected chi connectivity index (χ2v) is 9.67. The highest BCUT2D eigenvalue weighted by molar-refractivity contribution is 7.92. The summed E-state index contributed by atoms with van der Waals surface area (Å²) in [6.07, 6.45) is -4.40. The summed E-state index contributed by atoms with van der Waals surface area (Å²) in [6, 6.07) is 15.1. The molecule has 0 spiro atoms. The maximum Gasteiger partial charge on any atom is 0.573 e. The SMILES string of the molecule is O=C(c1ccc2ccccc2n1)N1CCC(S(=O)(=O)c2ccc(OC(F)(F)F)cc2)CC1. The lowest BCUT2D eigenvalue weighted by Gasteiger charge is -2.31. The number of halogens is 3. The van der Waals surface area contributed by atoms with Crippen LogP contribution in [0.15, 0.2) is 65.6 Å². The highest BCUT2D eigenvalue weighted by Gasteiger charge is 2.34. The largest absolute Gasteiger partial charge is 0.573 e. The molecular formula is C22H19F3N2O4S. The summed E-state index contributed by atoms with van der Waals surface area (Å²) in [5.74, 6) is -0.750. The minimum Gasteiger partial charge on any atom is -0.406 e. The van der Waals surface area contributed by atoms with Crippen molar-refractivity contribution in [1.29, 1.82) is 0 Å². The van der Waals surface area contributed by atoms with Gasteiger partial charge in [-0.05, 0) is 49.2 Å². The fourth-order valence-corrected chi connectivity index (χ4v) is 5.47. The number of carbonyl (C=O) groups excluding carboxylic acids is 1. The van der Waals surface area contributed by atoms with E-state index in [0.717, 1.165) is 29.7 Å². The average molecular weight is 464 g/mol. The number of nitrogens with zero attached hydrogens (tertiary/aromatic N) is 2. The van der Waals surface area contributed by atoms with Gasteiger partial charge in [-0.25, -0.2) is 13.4 Å². The molecule has 0 N–H and O–H groups in total. The number of ether oxygens (including phenoxy) is 1. The lowest BCUT2D eigenvalue weighted by molar-refractivity contribution is -0.274. The quantitative estimate of drug-likeness (QED) is 0.578. The van der Waals surface area contributed by atoms with Crippen LogP contribution in [0.1, 0.15) is 23.3 Å². The van der Waals surface area contributed by atoms with Gasteiger partial charge in [-0.3, -0.25) is 4.79 Å². The number of piperidine rings is 1. The predicted octanol–water partition coefficient (Wildman–Crippen LogP) is 4.21. The normalized spacial score (nSPS) is 15.7. The van der Waals surface area contributed by atoms with Crippen LogP contribution in [-0.2, 0) is 9.84 Å². The molecule has 1 fully saturated rings. The van der Waals surface area contributed by atoms with Gasteiger partial charge in [0.1, 0.15) is 11.4 Å². The molecule has 6 nitrogen and oxygen atoms in total. The van der Waals surface area contributed by atoms with Gasteiger partial charge in [0.2, 0.25) is 0 Å². The smallest absolute Gasteiger partial charge is 0.406 e. The molecule has 0 radical (unpaired) electrons. The lowest BCUT2D eigenvalue weighted by Crippen LogP contribution is -2.42. The van der Waals surface area contributed by atoms with Crippen LogP contribution in [0.2, 0.25) is 0 Å². The fourth-order valence-electron chi connectivity index (χ4n) is 3.74. The zero-order valence-electron chi connectivity index (χ0n) is 16.7. The first-order valence-corrected chi connectivity index (χ1v) is 11.4. The first-order valence-electron chi connectivity index (χ1n) is 9.88. The molecular weight excluding hydrogens is 445 g/mol. The number of carbonyl (C=O) groups is 1. The molecule has 0 unspecified atom stereocenters. The van der Waals surface area contributed by atoms with Crippen LogP contribution in [0.5, 0.6) is 5.75 Å². The van der Waals surface area contributed by atoms with Gasteiger partial charge in [-0.1, -0.05) is 24.3 Å². The van der Waals surface area contributed by atoms with E-state index >= 15 is 0 Å². The van der Waals surface area contributed by atoms with Crippen LogP contribution in [0.3, 0.4) is 0 Å². The Morgan fingerprint density at radius 3 is 2.28 bits per heavy atom. The van der Waals surface area contributed by atoms with Gasteiger partial charge in [0.05, 0.1) is 15.7 Å². The molecule has 0 aliphatic carbocycles. The molecule has 32 heavy (non-hydrogen) atoms. The minimum absolute atomic E-state index is 0.0759. The third kappa shape index (κ3) is 4.69. The Balaban J connectivity index is 1.42. The first kappa shape index (κ1) is 22.1. The molecule has 1 saturated heterocycles. The summed E-state index contributed by atoms with van der Waals surface area (Å²) in [5.41, 5.74) is 0.999. The number of aromatic nitrogens is 1. The molecule has 3 aromatic rings. The van der Waals surface area contributed by atoms with Gasteiger partial charge >= 0.3 is 6.36 Å². The second-order valence-electron chi connectivity index (χ2n) is 7.44. The maximum absolute atomic E-state index is 12.9. The van der Waals surface area contributed by atoms with Crippen molar-refractivity contribution in [2.24, 2.45) is 0 Å². The van der Waals surface area contributed by atoms with Crippen molar-refractivity contribution >= 4 is 26.6 Å².